The number of sulfonamides is 1. The molecule has 2 aromatic rings. The zero-order valence-corrected chi connectivity index (χ0v) is 19.4. The summed E-state index contributed by atoms with van der Waals surface area (Å²) in [5, 5.41) is 3.32. The molecule has 8 heteroatoms. The zero-order chi connectivity index (χ0) is 21.6. The first-order valence-corrected chi connectivity index (χ1v) is 12.3. The molecule has 172 valence electrons. The van der Waals surface area contributed by atoms with Gasteiger partial charge in [0.15, 0.2) is 0 Å². The Balaban J connectivity index is 0.000000220. The molecule has 4 rings (SSSR count). The van der Waals surface area contributed by atoms with E-state index in [-0.39, 0.29) is 24.0 Å². The summed E-state index contributed by atoms with van der Waals surface area (Å²) in [4.78, 5) is 0. The molecule has 0 unspecified atom stereocenters. The van der Waals surface area contributed by atoms with E-state index < -0.39 is 10.0 Å². The van der Waals surface area contributed by atoms with Gasteiger partial charge in [0, 0.05) is 13.1 Å². The number of nitrogens with zero attached hydrogens (tertiary/aromatic N) is 1. The summed E-state index contributed by atoms with van der Waals surface area (Å²) in [6, 6.07) is 13.4. The first-order valence-electron chi connectivity index (χ1n) is 10.5. The van der Waals surface area contributed by atoms with Crippen molar-refractivity contribution >= 4 is 22.4 Å². The van der Waals surface area contributed by atoms with E-state index in [1.54, 1.807) is 24.3 Å². The summed E-state index contributed by atoms with van der Waals surface area (Å²) in [6.07, 6.45) is 5.19. The average molecular weight is 473 g/mol. The number of hydrogen-bond donors (Lipinski definition) is 1. The molecule has 2 aromatic carbocycles. The first-order chi connectivity index (χ1) is 14.3. The molecule has 0 amide bonds. The molecule has 0 aromatic heterocycles. The van der Waals surface area contributed by atoms with Gasteiger partial charge in [-0.1, -0.05) is 24.3 Å². The van der Waals surface area contributed by atoms with Crippen molar-refractivity contribution in [3.8, 4) is 0 Å². The predicted molar refractivity (Wildman–Crippen MR) is 123 cm³/mol. The highest BCUT2D eigenvalue weighted by atomic mass is 35.5. The van der Waals surface area contributed by atoms with E-state index >= 15 is 0 Å². The van der Waals surface area contributed by atoms with Crippen LogP contribution in [-0.4, -0.2) is 45.2 Å². The molecular weight excluding hydrogens is 442 g/mol. The Labute approximate surface area is 190 Å². The fourth-order valence-corrected chi connectivity index (χ4v) is 5.02. The van der Waals surface area contributed by atoms with Crippen molar-refractivity contribution in [1.82, 2.24) is 9.62 Å². The molecule has 0 aliphatic carbocycles. The van der Waals surface area contributed by atoms with Crippen LogP contribution in [0, 0.1) is 11.6 Å². The highest BCUT2D eigenvalue weighted by Crippen LogP contribution is 2.29. The first kappa shape index (κ1) is 25.7. The number of rotatable bonds is 3. The lowest BCUT2D eigenvalue weighted by molar-refractivity contribution is 0.321. The lowest BCUT2D eigenvalue weighted by atomic mass is 9.90. The fraction of sp³-hybridized carbons (Fsp3) is 0.478. The second kappa shape index (κ2) is 11.9. The van der Waals surface area contributed by atoms with Crippen molar-refractivity contribution in [2.75, 3.05) is 32.4 Å². The molecule has 2 heterocycles. The smallest absolute Gasteiger partial charge is 0.211 e. The van der Waals surface area contributed by atoms with Crippen LogP contribution in [-0.2, 0) is 10.0 Å². The van der Waals surface area contributed by atoms with Gasteiger partial charge in [-0.15, -0.1) is 12.4 Å². The van der Waals surface area contributed by atoms with E-state index in [0.29, 0.717) is 24.9 Å². The molecule has 1 N–H and O–H groups in total. The van der Waals surface area contributed by atoms with Crippen LogP contribution in [0.2, 0.25) is 0 Å². The van der Waals surface area contributed by atoms with Crippen LogP contribution in [0.5, 0.6) is 0 Å². The van der Waals surface area contributed by atoms with Crippen molar-refractivity contribution in [2.24, 2.45) is 0 Å². The molecule has 2 aliphatic heterocycles. The molecule has 4 nitrogen and oxygen atoms in total. The second-order valence-corrected chi connectivity index (χ2v) is 10.0. The molecule has 0 spiro atoms. The van der Waals surface area contributed by atoms with Crippen LogP contribution in [0.1, 0.15) is 48.6 Å². The molecule has 0 saturated carbocycles. The summed E-state index contributed by atoms with van der Waals surface area (Å²) >= 11 is 0. The number of benzene rings is 2. The van der Waals surface area contributed by atoms with E-state index in [4.69, 9.17) is 0 Å². The predicted octanol–water partition coefficient (Wildman–Crippen LogP) is 4.68. The van der Waals surface area contributed by atoms with Gasteiger partial charge in [0.1, 0.15) is 11.6 Å². The van der Waals surface area contributed by atoms with Gasteiger partial charge in [-0.05, 0) is 86.0 Å². The zero-order valence-electron chi connectivity index (χ0n) is 17.8. The van der Waals surface area contributed by atoms with E-state index in [0.717, 1.165) is 31.5 Å². The Bertz CT molecular complexity index is 894. The van der Waals surface area contributed by atoms with Gasteiger partial charge in [-0.2, -0.15) is 0 Å². The number of nitrogens with one attached hydrogen (secondary N) is 1. The summed E-state index contributed by atoms with van der Waals surface area (Å²) < 4.78 is 49.6. The van der Waals surface area contributed by atoms with Gasteiger partial charge in [-0.3, -0.25) is 0 Å². The van der Waals surface area contributed by atoms with Crippen LogP contribution in [0.25, 0.3) is 0 Å². The molecule has 0 radical (unpaired) electrons. The third kappa shape index (κ3) is 7.83. The topological polar surface area (TPSA) is 49.4 Å². The van der Waals surface area contributed by atoms with Gasteiger partial charge in [0.2, 0.25) is 10.0 Å². The van der Waals surface area contributed by atoms with Crippen molar-refractivity contribution in [3.05, 3.63) is 71.3 Å². The van der Waals surface area contributed by atoms with Gasteiger partial charge in [-0.25, -0.2) is 21.5 Å². The van der Waals surface area contributed by atoms with Gasteiger partial charge >= 0.3 is 0 Å². The minimum absolute atomic E-state index is 0. The lowest BCUT2D eigenvalue weighted by Gasteiger charge is -2.30. The van der Waals surface area contributed by atoms with E-state index in [2.05, 4.69) is 5.32 Å². The fourth-order valence-electron chi connectivity index (χ4n) is 4.15. The van der Waals surface area contributed by atoms with Crippen molar-refractivity contribution < 1.29 is 17.2 Å². The highest BCUT2D eigenvalue weighted by molar-refractivity contribution is 7.88. The minimum Gasteiger partial charge on any atom is -0.317 e. The molecule has 0 bridgehead atoms. The standard InChI is InChI=1S/C12H16FNO2S.C11H14FN.ClH/c1-17(15,16)14-8-6-11(7-9-14)10-2-4-12(13)5-3-10;12-11-3-1-9(2-4-11)10-5-7-13-8-6-10;/h2-5,11H,6-9H2,1H3;1-4,10,13H,5-8H2;1H. The maximum Gasteiger partial charge on any atom is 0.211 e. The Hall–Kier alpha value is -1.54. The third-order valence-electron chi connectivity index (χ3n) is 5.94. The SMILES string of the molecule is CS(=O)(=O)N1CCC(c2ccc(F)cc2)CC1.Cl.Fc1ccc(C2CCNCC2)cc1. The second-order valence-electron chi connectivity index (χ2n) is 8.06. The van der Waals surface area contributed by atoms with Crippen LogP contribution >= 0.6 is 12.4 Å². The highest BCUT2D eigenvalue weighted by Gasteiger charge is 2.25. The summed E-state index contributed by atoms with van der Waals surface area (Å²) in [5.41, 5.74) is 2.38. The van der Waals surface area contributed by atoms with E-state index in [9.17, 15) is 17.2 Å². The summed E-state index contributed by atoms with van der Waals surface area (Å²) in [7, 11) is -3.06. The Morgan fingerprint density at radius 2 is 1.16 bits per heavy atom. The molecule has 0 atom stereocenters. The minimum atomic E-state index is -3.06. The molecule has 2 aliphatic rings. The van der Waals surface area contributed by atoms with Crippen molar-refractivity contribution in [1.29, 1.82) is 0 Å². The Kier molecular flexibility index (Phi) is 9.88. The number of halogens is 3. The average Bonchev–Trinajstić information content (AvgIpc) is 2.75. The van der Waals surface area contributed by atoms with Gasteiger partial charge in [0.25, 0.3) is 0 Å². The maximum atomic E-state index is 12.8. The van der Waals surface area contributed by atoms with Crippen LogP contribution < -0.4 is 5.32 Å². The molecule has 2 fully saturated rings. The Morgan fingerprint density at radius 3 is 1.55 bits per heavy atom. The van der Waals surface area contributed by atoms with Crippen LogP contribution in [0.3, 0.4) is 0 Å². The largest absolute Gasteiger partial charge is 0.317 e. The molecule has 31 heavy (non-hydrogen) atoms. The van der Waals surface area contributed by atoms with Crippen LogP contribution in [0.15, 0.2) is 48.5 Å². The Morgan fingerprint density at radius 1 is 0.774 bits per heavy atom. The normalized spacial score (nSPS) is 18.5. The third-order valence-corrected chi connectivity index (χ3v) is 7.25. The van der Waals surface area contributed by atoms with Gasteiger partial charge < -0.3 is 5.32 Å². The van der Waals surface area contributed by atoms with Crippen molar-refractivity contribution in [2.45, 2.75) is 37.5 Å². The molecule has 2 saturated heterocycles. The summed E-state index contributed by atoms with van der Waals surface area (Å²) in [5.74, 6) is 0.593. The quantitative estimate of drug-likeness (QED) is 0.705. The van der Waals surface area contributed by atoms with E-state index in [1.807, 2.05) is 12.1 Å². The van der Waals surface area contributed by atoms with Crippen molar-refractivity contribution in [3.63, 3.8) is 0 Å². The lowest BCUT2D eigenvalue weighted by Crippen LogP contribution is -2.37. The van der Waals surface area contributed by atoms with E-state index in [1.165, 1.54) is 41.1 Å². The summed E-state index contributed by atoms with van der Waals surface area (Å²) in [6.45, 7) is 3.28. The monoisotopic (exact) mass is 472 g/mol. The maximum absolute atomic E-state index is 12.8. The molecular formula is C23H31ClF2N2O2S. The van der Waals surface area contributed by atoms with Gasteiger partial charge in [0.05, 0.1) is 6.26 Å². The number of piperidine rings is 2. The van der Waals surface area contributed by atoms with Crippen LogP contribution in [0.4, 0.5) is 8.78 Å². The number of hydrogen-bond acceptors (Lipinski definition) is 3.